The van der Waals surface area contributed by atoms with E-state index >= 15 is 0 Å². The number of hydrogen-bond acceptors (Lipinski definition) is 1. The molecular formula is C14H10FN. The second-order valence-corrected chi connectivity index (χ2v) is 3.58. The standard InChI is InChI=1S/C14H10FN/c15-14-7-6-12(10-16)13(9-14)8-11-4-2-1-3-5-11/h1-7,9H,8H2. The van der Waals surface area contributed by atoms with Gasteiger partial charge in [0.15, 0.2) is 0 Å². The fourth-order valence-corrected chi connectivity index (χ4v) is 1.63. The Labute approximate surface area is 93.8 Å². The number of nitriles is 1. The van der Waals surface area contributed by atoms with Gasteiger partial charge in [0.2, 0.25) is 0 Å². The molecule has 0 amide bonds. The van der Waals surface area contributed by atoms with Crippen molar-refractivity contribution in [1.82, 2.24) is 0 Å². The summed E-state index contributed by atoms with van der Waals surface area (Å²) in [5.41, 5.74) is 2.34. The molecule has 0 heterocycles. The van der Waals surface area contributed by atoms with Crippen molar-refractivity contribution < 1.29 is 4.39 Å². The van der Waals surface area contributed by atoms with Crippen LogP contribution in [-0.4, -0.2) is 0 Å². The number of benzene rings is 2. The van der Waals surface area contributed by atoms with Crippen molar-refractivity contribution in [3.63, 3.8) is 0 Å². The minimum absolute atomic E-state index is 0.301. The summed E-state index contributed by atoms with van der Waals surface area (Å²) in [6.07, 6.45) is 0.585. The van der Waals surface area contributed by atoms with E-state index in [0.29, 0.717) is 12.0 Å². The lowest BCUT2D eigenvalue weighted by Gasteiger charge is -2.04. The molecule has 0 aliphatic carbocycles. The summed E-state index contributed by atoms with van der Waals surface area (Å²) in [6.45, 7) is 0. The first-order valence-corrected chi connectivity index (χ1v) is 5.02. The summed E-state index contributed by atoms with van der Waals surface area (Å²) < 4.78 is 13.1. The molecule has 0 radical (unpaired) electrons. The molecule has 0 N–H and O–H groups in total. The van der Waals surface area contributed by atoms with Crippen molar-refractivity contribution in [2.24, 2.45) is 0 Å². The predicted octanol–water partition coefficient (Wildman–Crippen LogP) is 3.29. The van der Waals surface area contributed by atoms with Crippen molar-refractivity contribution in [2.75, 3.05) is 0 Å². The smallest absolute Gasteiger partial charge is 0.123 e. The number of halogens is 1. The molecule has 16 heavy (non-hydrogen) atoms. The van der Waals surface area contributed by atoms with Gasteiger partial charge >= 0.3 is 0 Å². The number of nitrogens with zero attached hydrogens (tertiary/aromatic N) is 1. The van der Waals surface area contributed by atoms with Crippen LogP contribution in [0.25, 0.3) is 0 Å². The highest BCUT2D eigenvalue weighted by molar-refractivity contribution is 5.40. The van der Waals surface area contributed by atoms with Gasteiger partial charge in [-0.05, 0) is 35.7 Å². The Kier molecular flexibility index (Phi) is 2.98. The van der Waals surface area contributed by atoms with E-state index in [2.05, 4.69) is 6.07 Å². The van der Waals surface area contributed by atoms with Crippen LogP contribution in [0.2, 0.25) is 0 Å². The summed E-state index contributed by atoms with van der Waals surface area (Å²) in [5, 5.41) is 8.91. The molecule has 2 heteroatoms. The van der Waals surface area contributed by atoms with Crippen LogP contribution in [0.5, 0.6) is 0 Å². The van der Waals surface area contributed by atoms with Gasteiger partial charge in [0, 0.05) is 0 Å². The molecule has 2 aromatic carbocycles. The van der Waals surface area contributed by atoms with Crippen LogP contribution in [0.3, 0.4) is 0 Å². The molecule has 0 bridgehead atoms. The van der Waals surface area contributed by atoms with E-state index in [1.54, 1.807) is 0 Å². The summed E-state index contributed by atoms with van der Waals surface area (Å²) in [4.78, 5) is 0. The van der Waals surface area contributed by atoms with E-state index in [1.807, 2.05) is 30.3 Å². The van der Waals surface area contributed by atoms with Crippen molar-refractivity contribution in [3.8, 4) is 6.07 Å². The van der Waals surface area contributed by atoms with Gasteiger partial charge in [0.1, 0.15) is 5.82 Å². The average molecular weight is 211 g/mol. The van der Waals surface area contributed by atoms with E-state index in [9.17, 15) is 4.39 Å². The predicted molar refractivity (Wildman–Crippen MR) is 60.4 cm³/mol. The maximum Gasteiger partial charge on any atom is 0.123 e. The Morgan fingerprint density at radius 2 is 1.81 bits per heavy atom. The molecule has 0 aliphatic rings. The Morgan fingerprint density at radius 1 is 1.06 bits per heavy atom. The minimum Gasteiger partial charge on any atom is -0.207 e. The van der Waals surface area contributed by atoms with Gasteiger partial charge in [-0.15, -0.1) is 0 Å². The van der Waals surface area contributed by atoms with Gasteiger partial charge < -0.3 is 0 Å². The molecule has 1 nitrogen and oxygen atoms in total. The molecule has 0 fully saturated rings. The zero-order valence-corrected chi connectivity index (χ0v) is 8.65. The van der Waals surface area contributed by atoms with E-state index in [4.69, 9.17) is 5.26 Å². The van der Waals surface area contributed by atoms with Crippen molar-refractivity contribution in [3.05, 3.63) is 71.0 Å². The third-order valence-corrected chi connectivity index (χ3v) is 2.43. The molecule has 0 aromatic heterocycles. The zero-order valence-electron chi connectivity index (χ0n) is 8.65. The van der Waals surface area contributed by atoms with Crippen LogP contribution in [0.4, 0.5) is 4.39 Å². The molecule has 0 saturated carbocycles. The molecule has 0 atom stereocenters. The van der Waals surface area contributed by atoms with E-state index < -0.39 is 0 Å². The molecule has 0 aliphatic heterocycles. The third kappa shape index (κ3) is 2.26. The molecule has 0 spiro atoms. The molecule has 0 unspecified atom stereocenters. The van der Waals surface area contributed by atoms with Crippen LogP contribution >= 0.6 is 0 Å². The summed E-state index contributed by atoms with van der Waals surface area (Å²) >= 11 is 0. The quantitative estimate of drug-likeness (QED) is 0.747. The second kappa shape index (κ2) is 4.59. The van der Waals surface area contributed by atoms with E-state index in [1.165, 1.54) is 18.2 Å². The fourth-order valence-electron chi connectivity index (χ4n) is 1.63. The second-order valence-electron chi connectivity index (χ2n) is 3.58. The Hall–Kier alpha value is -2.14. The van der Waals surface area contributed by atoms with Gasteiger partial charge in [0.05, 0.1) is 11.6 Å². The number of rotatable bonds is 2. The monoisotopic (exact) mass is 211 g/mol. The molecule has 2 rings (SSSR count). The van der Waals surface area contributed by atoms with E-state index in [0.717, 1.165) is 11.1 Å². The molecule has 78 valence electrons. The Balaban J connectivity index is 2.35. The third-order valence-electron chi connectivity index (χ3n) is 2.43. The first kappa shape index (κ1) is 10.4. The Bertz CT molecular complexity index is 526. The van der Waals surface area contributed by atoms with Gasteiger partial charge in [-0.1, -0.05) is 30.3 Å². The first-order valence-electron chi connectivity index (χ1n) is 5.02. The maximum absolute atomic E-state index is 13.1. The van der Waals surface area contributed by atoms with Gasteiger partial charge in [-0.3, -0.25) is 0 Å². The Morgan fingerprint density at radius 3 is 2.50 bits per heavy atom. The van der Waals surface area contributed by atoms with Gasteiger partial charge in [0.25, 0.3) is 0 Å². The molecular weight excluding hydrogens is 201 g/mol. The highest BCUT2D eigenvalue weighted by Gasteiger charge is 2.04. The summed E-state index contributed by atoms with van der Waals surface area (Å²) in [7, 11) is 0. The lowest BCUT2D eigenvalue weighted by Crippen LogP contribution is -1.93. The van der Waals surface area contributed by atoms with Gasteiger partial charge in [-0.25, -0.2) is 4.39 Å². The van der Waals surface area contributed by atoms with Crippen LogP contribution in [0.15, 0.2) is 48.5 Å². The first-order chi connectivity index (χ1) is 7.79. The van der Waals surface area contributed by atoms with Crippen LogP contribution in [0, 0.1) is 17.1 Å². The SMILES string of the molecule is N#Cc1ccc(F)cc1Cc1ccccc1. The fraction of sp³-hybridized carbons (Fsp3) is 0.0714. The van der Waals surface area contributed by atoms with Crippen LogP contribution in [0.1, 0.15) is 16.7 Å². The maximum atomic E-state index is 13.1. The van der Waals surface area contributed by atoms with Crippen molar-refractivity contribution in [2.45, 2.75) is 6.42 Å². The summed E-state index contributed by atoms with van der Waals surface area (Å²) in [5.74, 6) is -0.301. The lowest BCUT2D eigenvalue weighted by atomic mass is 10.0. The van der Waals surface area contributed by atoms with Crippen molar-refractivity contribution in [1.29, 1.82) is 5.26 Å². The molecule has 2 aromatic rings. The van der Waals surface area contributed by atoms with Crippen molar-refractivity contribution >= 4 is 0 Å². The van der Waals surface area contributed by atoms with E-state index in [-0.39, 0.29) is 5.82 Å². The van der Waals surface area contributed by atoms with Crippen LogP contribution < -0.4 is 0 Å². The zero-order chi connectivity index (χ0) is 11.4. The average Bonchev–Trinajstić information content (AvgIpc) is 2.31. The largest absolute Gasteiger partial charge is 0.207 e. The highest BCUT2D eigenvalue weighted by Crippen LogP contribution is 2.15. The van der Waals surface area contributed by atoms with Gasteiger partial charge in [-0.2, -0.15) is 5.26 Å². The lowest BCUT2D eigenvalue weighted by molar-refractivity contribution is 0.626. The van der Waals surface area contributed by atoms with Crippen LogP contribution in [-0.2, 0) is 6.42 Å². The minimum atomic E-state index is -0.301. The summed E-state index contributed by atoms with van der Waals surface area (Å²) in [6, 6.07) is 16.1. The molecule has 0 saturated heterocycles. The normalized spacial score (nSPS) is 9.75. The number of hydrogen-bond donors (Lipinski definition) is 0. The highest BCUT2D eigenvalue weighted by atomic mass is 19.1. The topological polar surface area (TPSA) is 23.8 Å².